The minimum Gasteiger partial charge on any atom is -0.508 e. The Kier molecular flexibility index (Phi) is 22.1. The largest absolute Gasteiger partial charge is 0.508 e. The third-order valence-electron chi connectivity index (χ3n) is 9.03. The number of nitrogens with one attached hydrogen (secondary N) is 6. The van der Waals surface area contributed by atoms with Crippen LogP contribution in [0.15, 0.2) is 29.3 Å². The number of guanidine groups is 1. The van der Waals surface area contributed by atoms with Gasteiger partial charge >= 0.3 is 5.97 Å². The fraction of sp³-hybridized carbons (Fsp3) is 0.605. The van der Waals surface area contributed by atoms with Gasteiger partial charge in [-0.25, -0.2) is 0 Å². The van der Waals surface area contributed by atoms with Gasteiger partial charge in [-0.05, 0) is 69.1 Å². The average Bonchev–Trinajstić information content (AvgIpc) is 3.15. The zero-order valence-electron chi connectivity index (χ0n) is 34.9. The first-order valence-corrected chi connectivity index (χ1v) is 19.5. The molecular weight excluding hydrogens is 786 g/mol. The number of phenolic OH excluding ortho intramolecular Hbond substituents is 1. The second-order valence-corrected chi connectivity index (χ2v) is 15.3. The summed E-state index contributed by atoms with van der Waals surface area (Å²) in [4.78, 5) is 108. The number of benzene rings is 1. The lowest BCUT2D eigenvalue weighted by molar-refractivity contribution is -0.139. The van der Waals surface area contributed by atoms with Crippen LogP contribution >= 0.6 is 0 Å². The smallest absolute Gasteiger partial charge is 0.303 e. The predicted molar refractivity (Wildman–Crippen MR) is 219 cm³/mol. The number of hydrogen-bond acceptors (Lipinski definition) is 12. The van der Waals surface area contributed by atoms with Crippen LogP contribution in [0.5, 0.6) is 5.75 Å². The lowest BCUT2D eigenvalue weighted by atomic mass is 9.99. The molecule has 0 heterocycles. The van der Waals surface area contributed by atoms with Gasteiger partial charge in [0.15, 0.2) is 5.96 Å². The van der Waals surface area contributed by atoms with Crippen molar-refractivity contribution in [1.29, 1.82) is 0 Å². The van der Waals surface area contributed by atoms with E-state index in [-0.39, 0.29) is 43.4 Å². The number of aromatic hydroxyl groups is 1. The number of hydrogen-bond donors (Lipinski definition) is 13. The molecule has 22 nitrogen and oxygen atoms in total. The van der Waals surface area contributed by atoms with Crippen LogP contribution in [0.25, 0.3) is 0 Å². The Bertz CT molecular complexity index is 1670. The molecule has 0 aliphatic heterocycles. The van der Waals surface area contributed by atoms with Crippen LogP contribution in [-0.2, 0) is 44.8 Å². The number of nitrogens with zero attached hydrogens (tertiary/aromatic N) is 1. The van der Waals surface area contributed by atoms with E-state index in [1.165, 1.54) is 38.1 Å². The van der Waals surface area contributed by atoms with Gasteiger partial charge in [-0.2, -0.15) is 0 Å². The monoisotopic (exact) mass is 849 g/mol. The van der Waals surface area contributed by atoms with Gasteiger partial charge in [-0.3, -0.25) is 43.3 Å². The molecular formula is C38H63N11O11. The molecule has 0 aromatic heterocycles. The number of aliphatic hydroxyl groups excluding tert-OH is 1. The summed E-state index contributed by atoms with van der Waals surface area (Å²) >= 11 is 0. The van der Waals surface area contributed by atoms with Crippen molar-refractivity contribution in [3.05, 3.63) is 29.8 Å². The maximum Gasteiger partial charge on any atom is 0.303 e. The normalized spacial score (nSPS) is 15.1. The third kappa shape index (κ3) is 19.1. The molecule has 7 amide bonds. The Morgan fingerprint density at radius 1 is 0.667 bits per heavy atom. The maximum absolute atomic E-state index is 13.7. The van der Waals surface area contributed by atoms with Crippen LogP contribution < -0.4 is 54.8 Å². The van der Waals surface area contributed by atoms with Crippen molar-refractivity contribution in [3.63, 3.8) is 0 Å². The van der Waals surface area contributed by atoms with E-state index in [1.807, 2.05) is 0 Å². The number of amides is 7. The predicted octanol–water partition coefficient (Wildman–Crippen LogP) is -3.32. The SMILES string of the molecule is CC(C)C[C@@H](NC(=O)[C@@H](CCC(=O)O)NC(=O)C(NC(=O)C(NC(=O)[C@@H](Cc1ccc(O)cc1)NC(=O)[C@H](N)CCCN=C(N)N)[C@@H](C)O)C(C)C)C(=O)N[C@H](C)C(N)=O. The standard InChI is InChI=1S/C38H63N11O11/c1-18(2)16-26(34(57)44-20(5)31(40)54)47-33(56)25(13-14-28(52)53)45-36(59)29(19(3)4)48-37(60)30(21(6)50)49-35(58)27(17-22-9-11-23(51)12-10-22)46-32(55)24(39)8-7-15-43-38(41)42/h9-12,18-21,24-27,29-30,50-51H,7-8,13-17,39H2,1-6H3,(H2,40,54)(H,44,57)(H,45,59)(H,46,55)(H,47,56)(H,48,60)(H,49,58)(H,52,53)(H4,41,42,43)/t20-,21-,24-,25-,26-,27-,29?,30?/m1/s1. The fourth-order valence-corrected chi connectivity index (χ4v) is 5.60. The van der Waals surface area contributed by atoms with Gasteiger partial charge in [-0.1, -0.05) is 39.8 Å². The van der Waals surface area contributed by atoms with Crippen LogP contribution in [0.2, 0.25) is 0 Å². The molecule has 0 aliphatic rings. The highest BCUT2D eigenvalue weighted by Crippen LogP contribution is 2.13. The molecule has 22 heteroatoms. The summed E-state index contributed by atoms with van der Waals surface area (Å²) in [7, 11) is 0. The van der Waals surface area contributed by atoms with Crippen molar-refractivity contribution in [1.82, 2.24) is 31.9 Å². The lowest BCUT2D eigenvalue weighted by Crippen LogP contribution is -2.62. The highest BCUT2D eigenvalue weighted by Gasteiger charge is 2.36. The summed E-state index contributed by atoms with van der Waals surface area (Å²) < 4.78 is 0. The molecule has 0 radical (unpaired) electrons. The highest BCUT2D eigenvalue weighted by atomic mass is 16.4. The van der Waals surface area contributed by atoms with Crippen LogP contribution in [0.3, 0.4) is 0 Å². The van der Waals surface area contributed by atoms with Gasteiger partial charge in [0.2, 0.25) is 41.4 Å². The first-order valence-electron chi connectivity index (χ1n) is 19.5. The zero-order valence-corrected chi connectivity index (χ0v) is 34.9. The molecule has 17 N–H and O–H groups in total. The molecule has 0 fully saturated rings. The van der Waals surface area contributed by atoms with Gasteiger partial charge in [-0.15, -0.1) is 0 Å². The zero-order chi connectivity index (χ0) is 45.9. The molecule has 0 saturated carbocycles. The lowest BCUT2D eigenvalue weighted by Gasteiger charge is -2.29. The van der Waals surface area contributed by atoms with Gasteiger partial charge in [0.1, 0.15) is 42.0 Å². The second kappa shape index (κ2) is 25.5. The quantitative estimate of drug-likeness (QED) is 0.0247. The van der Waals surface area contributed by atoms with Crippen molar-refractivity contribution in [2.45, 2.75) is 128 Å². The van der Waals surface area contributed by atoms with E-state index in [1.54, 1.807) is 27.7 Å². The van der Waals surface area contributed by atoms with E-state index in [0.717, 1.165) is 0 Å². The number of primary amides is 1. The minimum absolute atomic E-state index is 0.0514. The first kappa shape index (κ1) is 52.0. The van der Waals surface area contributed by atoms with Crippen molar-refractivity contribution in [2.75, 3.05) is 6.54 Å². The van der Waals surface area contributed by atoms with E-state index >= 15 is 0 Å². The summed E-state index contributed by atoms with van der Waals surface area (Å²) in [6.45, 7) is 9.41. The molecule has 0 saturated heterocycles. The van der Waals surface area contributed by atoms with E-state index in [2.05, 4.69) is 36.9 Å². The molecule has 1 aromatic carbocycles. The molecule has 0 bridgehead atoms. The number of carboxylic acid groups (broad SMARTS) is 1. The third-order valence-corrected chi connectivity index (χ3v) is 9.03. The van der Waals surface area contributed by atoms with Gasteiger partial charge in [0.25, 0.3) is 0 Å². The van der Waals surface area contributed by atoms with Crippen molar-refractivity contribution < 1.29 is 53.7 Å². The molecule has 336 valence electrons. The van der Waals surface area contributed by atoms with Gasteiger partial charge in [0, 0.05) is 19.4 Å². The van der Waals surface area contributed by atoms with Crippen LogP contribution in [-0.4, -0.2) is 124 Å². The number of aliphatic carboxylic acids is 1. The fourth-order valence-electron chi connectivity index (χ4n) is 5.60. The number of carboxylic acids is 1. The molecule has 0 spiro atoms. The van der Waals surface area contributed by atoms with Gasteiger partial charge in [0.05, 0.1) is 12.1 Å². The Balaban J connectivity index is 3.31. The second-order valence-electron chi connectivity index (χ2n) is 15.3. The summed E-state index contributed by atoms with van der Waals surface area (Å²) in [6.07, 6.45) is -2.08. The molecule has 8 atom stereocenters. The number of phenols is 1. The number of aliphatic imine (C=N–C) groups is 1. The molecule has 1 aromatic rings. The summed E-state index contributed by atoms with van der Waals surface area (Å²) in [6, 6.07) is -3.56. The number of carbonyl (C=O) groups excluding carboxylic acids is 7. The first-order chi connectivity index (χ1) is 27.9. The molecule has 2 unspecified atom stereocenters. The topological polar surface area (TPSA) is 386 Å². The van der Waals surface area contributed by atoms with E-state index in [0.29, 0.717) is 12.0 Å². The van der Waals surface area contributed by atoms with Crippen LogP contribution in [0, 0.1) is 11.8 Å². The van der Waals surface area contributed by atoms with Gasteiger partial charge < -0.3 is 70.2 Å². The van der Waals surface area contributed by atoms with Crippen LogP contribution in [0.4, 0.5) is 0 Å². The van der Waals surface area contributed by atoms with E-state index in [4.69, 9.17) is 22.9 Å². The Labute approximate surface area is 348 Å². The minimum atomic E-state index is -1.69. The van der Waals surface area contributed by atoms with Crippen molar-refractivity contribution in [2.24, 2.45) is 39.8 Å². The van der Waals surface area contributed by atoms with Crippen molar-refractivity contribution in [3.8, 4) is 5.75 Å². The number of aliphatic hydroxyl groups is 1. The summed E-state index contributed by atoms with van der Waals surface area (Å²) in [5.74, 6) is -8.35. The Hall–Kier alpha value is -6.03. The Morgan fingerprint density at radius 3 is 1.70 bits per heavy atom. The summed E-state index contributed by atoms with van der Waals surface area (Å²) in [5, 5.41) is 44.6. The highest BCUT2D eigenvalue weighted by molar-refractivity contribution is 5.97. The number of nitrogens with two attached hydrogens (primary N) is 4. The van der Waals surface area contributed by atoms with Crippen molar-refractivity contribution >= 4 is 53.3 Å². The summed E-state index contributed by atoms with van der Waals surface area (Å²) in [5.41, 5.74) is 22.5. The van der Waals surface area contributed by atoms with E-state index < -0.39 is 114 Å². The average molecular weight is 850 g/mol. The van der Waals surface area contributed by atoms with E-state index in [9.17, 15) is 53.7 Å². The Morgan fingerprint density at radius 2 is 1.18 bits per heavy atom. The maximum atomic E-state index is 13.7. The van der Waals surface area contributed by atoms with Crippen LogP contribution in [0.1, 0.15) is 79.2 Å². The number of carbonyl (C=O) groups is 8. The molecule has 60 heavy (non-hydrogen) atoms. The molecule has 0 aliphatic carbocycles. The molecule has 1 rings (SSSR count). The number of rotatable bonds is 26.